The average Bonchev–Trinajstić information content (AvgIpc) is 3.05. The molecule has 1 unspecified atom stereocenters. The number of carbonyl (C=O) groups is 1. The second kappa shape index (κ2) is 9.01. The SMILES string of the molecule is CC1Cc2cc(-c3ccc(CNC(=O)N(CCO)CC(F)F)cc3)ccc2O1. The minimum Gasteiger partial charge on any atom is -0.490 e. The normalized spacial score (nSPS) is 15.2. The Balaban J connectivity index is 1.60. The number of ether oxygens (including phenoxy) is 1. The van der Waals surface area contributed by atoms with Gasteiger partial charge in [-0.1, -0.05) is 30.3 Å². The van der Waals surface area contributed by atoms with Gasteiger partial charge in [0.2, 0.25) is 0 Å². The van der Waals surface area contributed by atoms with E-state index in [1.54, 1.807) is 0 Å². The Morgan fingerprint density at radius 1 is 1.25 bits per heavy atom. The van der Waals surface area contributed by atoms with Gasteiger partial charge in [-0.2, -0.15) is 0 Å². The van der Waals surface area contributed by atoms with Gasteiger partial charge in [0.15, 0.2) is 0 Å². The van der Waals surface area contributed by atoms with Crippen LogP contribution in [0.5, 0.6) is 5.75 Å². The topological polar surface area (TPSA) is 61.8 Å². The number of amides is 2. The number of halogens is 2. The van der Waals surface area contributed by atoms with Crippen molar-refractivity contribution in [1.82, 2.24) is 10.2 Å². The number of hydrogen-bond acceptors (Lipinski definition) is 3. The number of nitrogens with zero attached hydrogens (tertiary/aromatic N) is 1. The van der Waals surface area contributed by atoms with Crippen LogP contribution in [0.25, 0.3) is 11.1 Å². The van der Waals surface area contributed by atoms with Gasteiger partial charge in [-0.05, 0) is 41.3 Å². The molecule has 2 aromatic carbocycles. The second-order valence-corrected chi connectivity index (χ2v) is 6.87. The van der Waals surface area contributed by atoms with Crippen LogP contribution in [-0.4, -0.2) is 48.3 Å². The predicted octanol–water partition coefficient (Wildman–Crippen LogP) is 3.45. The standard InChI is InChI=1S/C21H24F2N2O3/c1-14-10-18-11-17(6-7-19(18)28-14)16-4-2-15(3-5-16)12-24-21(27)25(8-9-26)13-20(22)23/h2-7,11,14,20,26H,8-10,12-13H2,1H3,(H,24,27). The lowest BCUT2D eigenvalue weighted by Gasteiger charge is -2.21. The first kappa shape index (κ1) is 20.1. The summed E-state index contributed by atoms with van der Waals surface area (Å²) < 4.78 is 30.8. The number of nitrogens with one attached hydrogen (secondary N) is 1. The summed E-state index contributed by atoms with van der Waals surface area (Å²) in [5.41, 5.74) is 4.20. The highest BCUT2D eigenvalue weighted by molar-refractivity contribution is 5.74. The van der Waals surface area contributed by atoms with Crippen LogP contribution in [0.3, 0.4) is 0 Å². The molecule has 1 aliphatic rings. The van der Waals surface area contributed by atoms with E-state index in [-0.39, 0.29) is 25.8 Å². The number of carbonyl (C=O) groups excluding carboxylic acids is 1. The molecule has 0 fully saturated rings. The second-order valence-electron chi connectivity index (χ2n) is 6.87. The zero-order valence-corrected chi connectivity index (χ0v) is 15.7. The molecule has 2 amide bonds. The summed E-state index contributed by atoms with van der Waals surface area (Å²) in [6, 6.07) is 13.2. The number of urea groups is 1. The third-order valence-electron chi connectivity index (χ3n) is 4.64. The maximum Gasteiger partial charge on any atom is 0.317 e. The molecule has 2 N–H and O–H groups in total. The highest BCUT2D eigenvalue weighted by Crippen LogP contribution is 2.32. The smallest absolute Gasteiger partial charge is 0.317 e. The molecule has 0 aliphatic carbocycles. The lowest BCUT2D eigenvalue weighted by Crippen LogP contribution is -2.43. The molecule has 150 valence electrons. The maximum atomic E-state index is 12.5. The summed E-state index contributed by atoms with van der Waals surface area (Å²) in [4.78, 5) is 12.9. The number of aliphatic hydroxyl groups excluding tert-OH is 1. The summed E-state index contributed by atoms with van der Waals surface area (Å²) >= 11 is 0. The van der Waals surface area contributed by atoms with E-state index in [1.807, 2.05) is 43.3 Å². The van der Waals surface area contributed by atoms with Crippen molar-refractivity contribution in [2.24, 2.45) is 0 Å². The van der Waals surface area contributed by atoms with Crippen LogP contribution in [-0.2, 0) is 13.0 Å². The van der Waals surface area contributed by atoms with E-state index >= 15 is 0 Å². The number of aliphatic hydroxyl groups is 1. The van der Waals surface area contributed by atoms with Gasteiger partial charge in [-0.25, -0.2) is 13.6 Å². The Morgan fingerprint density at radius 3 is 2.64 bits per heavy atom. The van der Waals surface area contributed by atoms with Crippen LogP contribution in [0.2, 0.25) is 0 Å². The highest BCUT2D eigenvalue weighted by Gasteiger charge is 2.19. The van der Waals surface area contributed by atoms with Gasteiger partial charge in [0, 0.05) is 19.5 Å². The molecule has 0 saturated carbocycles. The van der Waals surface area contributed by atoms with Gasteiger partial charge in [-0.3, -0.25) is 0 Å². The third-order valence-corrected chi connectivity index (χ3v) is 4.64. The molecule has 0 saturated heterocycles. The zero-order chi connectivity index (χ0) is 20.1. The van der Waals surface area contributed by atoms with Crippen LogP contribution in [0.4, 0.5) is 13.6 Å². The first-order valence-electron chi connectivity index (χ1n) is 9.27. The molecule has 28 heavy (non-hydrogen) atoms. The van der Waals surface area contributed by atoms with Crippen LogP contribution in [0.1, 0.15) is 18.1 Å². The van der Waals surface area contributed by atoms with Crippen LogP contribution in [0, 0.1) is 0 Å². The van der Waals surface area contributed by atoms with Crippen molar-refractivity contribution < 1.29 is 23.4 Å². The molecular weight excluding hydrogens is 366 g/mol. The van der Waals surface area contributed by atoms with Crippen molar-refractivity contribution >= 4 is 6.03 Å². The summed E-state index contributed by atoms with van der Waals surface area (Å²) in [6.07, 6.45) is -1.54. The minimum atomic E-state index is -2.64. The van der Waals surface area contributed by atoms with Gasteiger partial charge in [0.1, 0.15) is 11.9 Å². The average molecular weight is 390 g/mol. The van der Waals surface area contributed by atoms with Crippen molar-refractivity contribution in [3.63, 3.8) is 0 Å². The van der Waals surface area contributed by atoms with Gasteiger partial charge in [0.25, 0.3) is 6.43 Å². The monoisotopic (exact) mass is 390 g/mol. The quantitative estimate of drug-likeness (QED) is 0.761. The Bertz CT molecular complexity index is 812. The van der Waals surface area contributed by atoms with Gasteiger partial charge in [-0.15, -0.1) is 0 Å². The molecular formula is C21H24F2N2O3. The number of rotatable bonds is 7. The molecule has 0 bridgehead atoms. The molecule has 0 spiro atoms. The van der Waals surface area contributed by atoms with Crippen molar-refractivity contribution in [1.29, 1.82) is 0 Å². The summed E-state index contributed by atoms with van der Waals surface area (Å²) in [6.45, 7) is 1.08. The molecule has 1 aliphatic heterocycles. The lowest BCUT2D eigenvalue weighted by atomic mass is 10.00. The number of alkyl halides is 2. The largest absolute Gasteiger partial charge is 0.490 e. The van der Waals surface area contributed by atoms with E-state index in [0.717, 1.165) is 33.8 Å². The summed E-state index contributed by atoms with van der Waals surface area (Å²) in [5.74, 6) is 0.937. The number of fused-ring (bicyclic) bond motifs is 1. The minimum absolute atomic E-state index is 0.129. The van der Waals surface area contributed by atoms with E-state index in [1.165, 1.54) is 5.56 Å². The fourth-order valence-corrected chi connectivity index (χ4v) is 3.27. The van der Waals surface area contributed by atoms with Crippen molar-refractivity contribution in [2.75, 3.05) is 19.7 Å². The Labute approximate surface area is 162 Å². The van der Waals surface area contributed by atoms with Gasteiger partial charge >= 0.3 is 6.03 Å². The van der Waals surface area contributed by atoms with Gasteiger partial charge < -0.3 is 20.1 Å². The molecule has 5 nitrogen and oxygen atoms in total. The molecule has 1 heterocycles. The highest BCUT2D eigenvalue weighted by atomic mass is 19.3. The molecule has 0 radical (unpaired) electrons. The summed E-state index contributed by atoms with van der Waals surface area (Å²) in [7, 11) is 0. The van der Waals surface area contributed by atoms with E-state index < -0.39 is 19.0 Å². The number of hydrogen-bond donors (Lipinski definition) is 2. The molecule has 0 aromatic heterocycles. The Hall–Kier alpha value is -2.67. The van der Waals surface area contributed by atoms with E-state index in [2.05, 4.69) is 11.4 Å². The number of benzene rings is 2. The molecule has 7 heteroatoms. The fraction of sp³-hybridized carbons (Fsp3) is 0.381. The fourth-order valence-electron chi connectivity index (χ4n) is 3.27. The molecule has 2 aromatic rings. The third kappa shape index (κ3) is 4.98. The Morgan fingerprint density at radius 2 is 1.96 bits per heavy atom. The van der Waals surface area contributed by atoms with Crippen LogP contribution in [0.15, 0.2) is 42.5 Å². The maximum absolute atomic E-state index is 12.5. The van der Waals surface area contributed by atoms with Gasteiger partial charge in [0.05, 0.1) is 13.2 Å². The Kier molecular flexibility index (Phi) is 6.46. The lowest BCUT2D eigenvalue weighted by molar-refractivity contribution is 0.0902. The van der Waals surface area contributed by atoms with Crippen molar-refractivity contribution in [3.05, 3.63) is 53.6 Å². The first-order valence-corrected chi connectivity index (χ1v) is 9.27. The van der Waals surface area contributed by atoms with Crippen LogP contribution >= 0.6 is 0 Å². The van der Waals surface area contributed by atoms with E-state index in [9.17, 15) is 13.6 Å². The van der Waals surface area contributed by atoms with Crippen molar-refractivity contribution in [2.45, 2.75) is 32.4 Å². The molecule has 1 atom stereocenters. The molecule has 3 rings (SSSR count). The first-order chi connectivity index (χ1) is 13.5. The van der Waals surface area contributed by atoms with E-state index in [4.69, 9.17) is 9.84 Å². The predicted molar refractivity (Wildman–Crippen MR) is 103 cm³/mol. The summed E-state index contributed by atoms with van der Waals surface area (Å²) in [5, 5.41) is 11.5. The van der Waals surface area contributed by atoms with Crippen molar-refractivity contribution in [3.8, 4) is 16.9 Å². The van der Waals surface area contributed by atoms with E-state index in [0.29, 0.717) is 0 Å². The van der Waals surface area contributed by atoms with Crippen LogP contribution < -0.4 is 10.1 Å². The zero-order valence-electron chi connectivity index (χ0n) is 15.7.